The molecular formula is C24H21ClN2O4. The Balaban J connectivity index is 1.47. The molecule has 3 aromatic rings. The lowest BCUT2D eigenvalue weighted by atomic mass is 10.1. The van der Waals surface area contributed by atoms with Crippen LogP contribution in [0.3, 0.4) is 0 Å². The molecule has 158 valence electrons. The standard InChI is InChI=1S/C24H21ClN2O4/c1-16-3-12-22(17(2)13-16)30-15-23(28)27-26-14-18-4-10-21(11-5-18)31-24(29)19-6-8-20(25)9-7-19/h3-14H,15H2,1-2H3,(H,27,28)/b26-14-. The Morgan fingerprint density at radius 1 is 1.00 bits per heavy atom. The van der Waals surface area contributed by atoms with Crippen molar-refractivity contribution in [1.82, 2.24) is 5.43 Å². The summed E-state index contributed by atoms with van der Waals surface area (Å²) in [4.78, 5) is 24.0. The Morgan fingerprint density at radius 2 is 1.71 bits per heavy atom. The van der Waals surface area contributed by atoms with Gasteiger partial charge in [-0.05, 0) is 79.6 Å². The zero-order chi connectivity index (χ0) is 22.2. The molecule has 0 heterocycles. The second-order valence-electron chi connectivity index (χ2n) is 6.82. The molecule has 0 saturated carbocycles. The van der Waals surface area contributed by atoms with Crippen molar-refractivity contribution in [3.05, 3.63) is 94.0 Å². The summed E-state index contributed by atoms with van der Waals surface area (Å²) in [6.45, 7) is 3.78. The first-order valence-electron chi connectivity index (χ1n) is 9.50. The number of ether oxygens (including phenoxy) is 2. The minimum atomic E-state index is -0.478. The van der Waals surface area contributed by atoms with Gasteiger partial charge < -0.3 is 9.47 Å². The van der Waals surface area contributed by atoms with E-state index in [4.69, 9.17) is 21.1 Å². The molecule has 0 radical (unpaired) electrons. The highest BCUT2D eigenvalue weighted by Crippen LogP contribution is 2.18. The van der Waals surface area contributed by atoms with E-state index in [1.807, 2.05) is 32.0 Å². The normalized spacial score (nSPS) is 10.7. The third kappa shape index (κ3) is 6.69. The lowest BCUT2D eigenvalue weighted by molar-refractivity contribution is -0.123. The van der Waals surface area contributed by atoms with E-state index in [9.17, 15) is 9.59 Å². The molecule has 0 unspecified atom stereocenters. The molecule has 0 spiro atoms. The Kier molecular flexibility index (Phi) is 7.40. The molecule has 3 rings (SSSR count). The van der Waals surface area contributed by atoms with Crippen LogP contribution in [-0.2, 0) is 4.79 Å². The van der Waals surface area contributed by atoms with Crippen LogP contribution in [0.15, 0.2) is 71.8 Å². The van der Waals surface area contributed by atoms with Crippen LogP contribution in [0.25, 0.3) is 0 Å². The van der Waals surface area contributed by atoms with Gasteiger partial charge in [-0.15, -0.1) is 0 Å². The summed E-state index contributed by atoms with van der Waals surface area (Å²) < 4.78 is 10.8. The molecule has 31 heavy (non-hydrogen) atoms. The van der Waals surface area contributed by atoms with Gasteiger partial charge in [0.2, 0.25) is 0 Å². The molecule has 6 nitrogen and oxygen atoms in total. The zero-order valence-corrected chi connectivity index (χ0v) is 17.8. The van der Waals surface area contributed by atoms with Crippen molar-refractivity contribution in [3.8, 4) is 11.5 Å². The molecule has 0 atom stereocenters. The maximum Gasteiger partial charge on any atom is 0.343 e. The number of carbonyl (C=O) groups excluding carboxylic acids is 2. The van der Waals surface area contributed by atoms with Crippen LogP contribution in [0, 0.1) is 13.8 Å². The third-order valence-electron chi connectivity index (χ3n) is 4.26. The highest BCUT2D eigenvalue weighted by molar-refractivity contribution is 6.30. The Morgan fingerprint density at radius 3 is 2.39 bits per heavy atom. The molecule has 3 aromatic carbocycles. The van der Waals surface area contributed by atoms with E-state index < -0.39 is 5.97 Å². The number of hydrogen-bond donors (Lipinski definition) is 1. The number of esters is 1. The van der Waals surface area contributed by atoms with E-state index in [-0.39, 0.29) is 12.5 Å². The van der Waals surface area contributed by atoms with Crippen LogP contribution in [0.4, 0.5) is 0 Å². The van der Waals surface area contributed by atoms with Crippen molar-refractivity contribution in [3.63, 3.8) is 0 Å². The van der Waals surface area contributed by atoms with Crippen molar-refractivity contribution < 1.29 is 19.1 Å². The van der Waals surface area contributed by atoms with Gasteiger partial charge in [0.25, 0.3) is 5.91 Å². The molecule has 1 amide bonds. The number of carbonyl (C=O) groups is 2. The predicted molar refractivity (Wildman–Crippen MR) is 120 cm³/mol. The van der Waals surface area contributed by atoms with E-state index in [0.29, 0.717) is 22.1 Å². The molecule has 0 aliphatic rings. The van der Waals surface area contributed by atoms with Gasteiger partial charge in [-0.1, -0.05) is 29.3 Å². The van der Waals surface area contributed by atoms with Gasteiger partial charge in [0.05, 0.1) is 11.8 Å². The molecular weight excluding hydrogens is 416 g/mol. The summed E-state index contributed by atoms with van der Waals surface area (Å²) in [5.41, 5.74) is 5.64. The van der Waals surface area contributed by atoms with Crippen molar-refractivity contribution in [2.75, 3.05) is 6.61 Å². The van der Waals surface area contributed by atoms with Crippen LogP contribution in [-0.4, -0.2) is 24.7 Å². The highest BCUT2D eigenvalue weighted by Gasteiger charge is 2.08. The van der Waals surface area contributed by atoms with Crippen molar-refractivity contribution >= 4 is 29.7 Å². The van der Waals surface area contributed by atoms with E-state index in [1.54, 1.807) is 48.5 Å². The van der Waals surface area contributed by atoms with Gasteiger partial charge >= 0.3 is 5.97 Å². The Labute approximate surface area is 185 Å². The summed E-state index contributed by atoms with van der Waals surface area (Å²) in [6.07, 6.45) is 1.49. The fraction of sp³-hybridized carbons (Fsp3) is 0.125. The average Bonchev–Trinajstić information content (AvgIpc) is 2.75. The Bertz CT molecular complexity index is 1090. The minimum Gasteiger partial charge on any atom is -0.483 e. The van der Waals surface area contributed by atoms with Gasteiger partial charge in [0.1, 0.15) is 11.5 Å². The summed E-state index contributed by atoms with van der Waals surface area (Å²) in [6, 6.07) is 18.9. The van der Waals surface area contributed by atoms with Gasteiger partial charge in [0.15, 0.2) is 6.61 Å². The fourth-order valence-electron chi connectivity index (χ4n) is 2.69. The van der Waals surface area contributed by atoms with Gasteiger partial charge in [0, 0.05) is 5.02 Å². The number of aryl methyl sites for hydroxylation is 2. The van der Waals surface area contributed by atoms with Crippen molar-refractivity contribution in [2.24, 2.45) is 5.10 Å². The number of hydrogen-bond acceptors (Lipinski definition) is 5. The molecule has 7 heteroatoms. The smallest absolute Gasteiger partial charge is 0.343 e. The van der Waals surface area contributed by atoms with Crippen LogP contribution >= 0.6 is 11.6 Å². The molecule has 0 aliphatic heterocycles. The number of nitrogens with one attached hydrogen (secondary N) is 1. The van der Waals surface area contributed by atoms with E-state index in [2.05, 4.69) is 10.5 Å². The van der Waals surface area contributed by atoms with E-state index in [0.717, 1.165) is 16.7 Å². The summed E-state index contributed by atoms with van der Waals surface area (Å²) in [7, 11) is 0. The summed E-state index contributed by atoms with van der Waals surface area (Å²) >= 11 is 5.81. The van der Waals surface area contributed by atoms with Crippen LogP contribution < -0.4 is 14.9 Å². The second kappa shape index (κ2) is 10.4. The number of halogens is 1. The number of rotatable bonds is 7. The molecule has 1 N–H and O–H groups in total. The van der Waals surface area contributed by atoms with E-state index in [1.165, 1.54) is 6.21 Å². The number of amides is 1. The number of hydrazone groups is 1. The summed E-state index contributed by atoms with van der Waals surface area (Å²) in [5, 5.41) is 4.46. The monoisotopic (exact) mass is 436 g/mol. The molecule has 0 aromatic heterocycles. The van der Waals surface area contributed by atoms with E-state index >= 15 is 0 Å². The van der Waals surface area contributed by atoms with Crippen LogP contribution in [0.2, 0.25) is 5.02 Å². The maximum absolute atomic E-state index is 12.1. The number of benzene rings is 3. The van der Waals surface area contributed by atoms with Crippen LogP contribution in [0.5, 0.6) is 11.5 Å². The average molecular weight is 437 g/mol. The lowest BCUT2D eigenvalue weighted by Crippen LogP contribution is -2.24. The fourth-order valence-corrected chi connectivity index (χ4v) is 2.82. The Hall–Kier alpha value is -3.64. The second-order valence-corrected chi connectivity index (χ2v) is 7.25. The third-order valence-corrected chi connectivity index (χ3v) is 4.51. The van der Waals surface area contributed by atoms with Crippen molar-refractivity contribution in [1.29, 1.82) is 0 Å². The summed E-state index contributed by atoms with van der Waals surface area (Å²) in [5.74, 6) is 0.204. The zero-order valence-electron chi connectivity index (χ0n) is 17.1. The molecule has 0 saturated heterocycles. The van der Waals surface area contributed by atoms with Gasteiger partial charge in [-0.3, -0.25) is 4.79 Å². The molecule has 0 bridgehead atoms. The van der Waals surface area contributed by atoms with Crippen molar-refractivity contribution in [2.45, 2.75) is 13.8 Å². The highest BCUT2D eigenvalue weighted by atomic mass is 35.5. The van der Waals surface area contributed by atoms with Gasteiger partial charge in [-0.2, -0.15) is 5.10 Å². The first-order valence-corrected chi connectivity index (χ1v) is 9.88. The maximum atomic E-state index is 12.1. The first-order chi connectivity index (χ1) is 14.9. The SMILES string of the molecule is Cc1ccc(OCC(=O)N/N=C\c2ccc(OC(=O)c3ccc(Cl)cc3)cc2)c(C)c1. The van der Waals surface area contributed by atoms with Gasteiger partial charge in [-0.25, -0.2) is 10.2 Å². The molecule has 0 aliphatic carbocycles. The lowest BCUT2D eigenvalue weighted by Gasteiger charge is -2.08. The quantitative estimate of drug-likeness (QED) is 0.252. The largest absolute Gasteiger partial charge is 0.483 e. The predicted octanol–water partition coefficient (Wildman–Crippen LogP) is 4.71. The number of nitrogens with zero attached hydrogens (tertiary/aromatic N) is 1. The topological polar surface area (TPSA) is 77.0 Å². The minimum absolute atomic E-state index is 0.138. The first kappa shape index (κ1) is 22.1. The molecule has 0 fully saturated rings. The van der Waals surface area contributed by atoms with Crippen LogP contribution in [0.1, 0.15) is 27.0 Å².